The third-order valence-electron chi connectivity index (χ3n) is 5.96. The van der Waals surface area contributed by atoms with Crippen LogP contribution < -0.4 is 20.4 Å². The van der Waals surface area contributed by atoms with E-state index in [1.807, 2.05) is 31.2 Å². The highest BCUT2D eigenvalue weighted by atomic mass is 16.2. The second kappa shape index (κ2) is 9.85. The van der Waals surface area contributed by atoms with E-state index < -0.39 is 0 Å². The number of nitrogens with one attached hydrogen (secondary N) is 2. The number of rotatable bonds is 7. The van der Waals surface area contributed by atoms with Crippen LogP contribution in [-0.4, -0.2) is 43.4 Å². The predicted octanol–water partition coefficient (Wildman–Crippen LogP) is 3.56. The Labute approximate surface area is 188 Å². The molecular formula is C25H30N4O3. The topological polar surface area (TPSA) is 81.8 Å². The van der Waals surface area contributed by atoms with Gasteiger partial charge in [-0.05, 0) is 62.6 Å². The molecule has 0 bridgehead atoms. The first kappa shape index (κ1) is 21.9. The fourth-order valence-electron chi connectivity index (χ4n) is 4.34. The molecule has 0 spiro atoms. The Morgan fingerprint density at radius 3 is 2.47 bits per heavy atom. The average molecular weight is 435 g/mol. The van der Waals surface area contributed by atoms with Crippen LogP contribution in [0, 0.1) is 0 Å². The molecule has 2 aromatic carbocycles. The number of anilines is 3. The van der Waals surface area contributed by atoms with Crippen molar-refractivity contribution in [3.8, 4) is 0 Å². The number of nitrogens with zero attached hydrogens (tertiary/aromatic N) is 2. The molecule has 2 aromatic rings. The molecule has 0 aliphatic carbocycles. The van der Waals surface area contributed by atoms with Gasteiger partial charge in [-0.2, -0.15) is 0 Å². The van der Waals surface area contributed by atoms with Crippen LogP contribution in [0.2, 0.25) is 0 Å². The van der Waals surface area contributed by atoms with Gasteiger partial charge < -0.3 is 20.4 Å². The van der Waals surface area contributed by atoms with Crippen molar-refractivity contribution in [1.82, 2.24) is 5.32 Å². The zero-order chi connectivity index (χ0) is 22.5. The first-order valence-corrected chi connectivity index (χ1v) is 11.4. The monoisotopic (exact) mass is 434 g/mol. The van der Waals surface area contributed by atoms with E-state index in [-0.39, 0.29) is 30.2 Å². The molecule has 168 valence electrons. The molecule has 1 unspecified atom stereocenters. The molecule has 0 saturated carbocycles. The van der Waals surface area contributed by atoms with Gasteiger partial charge in [0, 0.05) is 61.1 Å². The zero-order valence-corrected chi connectivity index (χ0v) is 18.5. The predicted molar refractivity (Wildman–Crippen MR) is 126 cm³/mol. The van der Waals surface area contributed by atoms with Crippen molar-refractivity contribution in [2.24, 2.45) is 0 Å². The van der Waals surface area contributed by atoms with Crippen LogP contribution >= 0.6 is 0 Å². The zero-order valence-electron chi connectivity index (χ0n) is 18.5. The van der Waals surface area contributed by atoms with Gasteiger partial charge in [-0.1, -0.05) is 12.1 Å². The Bertz CT molecular complexity index is 1000. The maximum atomic E-state index is 12.7. The Morgan fingerprint density at radius 1 is 0.969 bits per heavy atom. The lowest BCUT2D eigenvalue weighted by Crippen LogP contribution is -2.35. The summed E-state index contributed by atoms with van der Waals surface area (Å²) in [5.74, 6) is -0.316. The normalized spacial score (nSPS) is 16.8. The van der Waals surface area contributed by atoms with Crippen molar-refractivity contribution in [1.29, 1.82) is 0 Å². The minimum Gasteiger partial charge on any atom is -0.371 e. The highest BCUT2D eigenvalue weighted by molar-refractivity contribution is 5.99. The van der Waals surface area contributed by atoms with E-state index in [1.54, 1.807) is 23.1 Å². The minimum absolute atomic E-state index is 0.0846. The second-order valence-corrected chi connectivity index (χ2v) is 8.57. The maximum absolute atomic E-state index is 12.7. The summed E-state index contributed by atoms with van der Waals surface area (Å²) >= 11 is 0. The van der Waals surface area contributed by atoms with Gasteiger partial charge >= 0.3 is 0 Å². The third kappa shape index (κ3) is 5.28. The van der Waals surface area contributed by atoms with Crippen LogP contribution in [0.3, 0.4) is 0 Å². The van der Waals surface area contributed by atoms with E-state index >= 15 is 0 Å². The second-order valence-electron chi connectivity index (χ2n) is 8.57. The van der Waals surface area contributed by atoms with Crippen LogP contribution in [0.1, 0.15) is 49.4 Å². The van der Waals surface area contributed by atoms with E-state index in [4.69, 9.17) is 0 Å². The van der Waals surface area contributed by atoms with Crippen molar-refractivity contribution >= 4 is 34.8 Å². The van der Waals surface area contributed by atoms with E-state index in [1.165, 1.54) is 12.8 Å². The Kier molecular flexibility index (Phi) is 6.73. The summed E-state index contributed by atoms with van der Waals surface area (Å²) in [5.41, 5.74) is 3.11. The van der Waals surface area contributed by atoms with Gasteiger partial charge in [-0.3, -0.25) is 14.4 Å². The SMILES string of the molecule is CC(CC(=O)Nc1cccc(N2CCCC2)c1)NC(=O)c1cccc(N2CCCC2=O)c1. The number of carbonyl (C=O) groups excluding carboxylic acids is 3. The van der Waals surface area contributed by atoms with Crippen LogP contribution in [-0.2, 0) is 9.59 Å². The highest BCUT2D eigenvalue weighted by Crippen LogP contribution is 2.24. The number of hydrogen-bond acceptors (Lipinski definition) is 4. The van der Waals surface area contributed by atoms with Crippen molar-refractivity contribution in [3.05, 3.63) is 54.1 Å². The molecule has 2 aliphatic heterocycles. The molecule has 3 amide bonds. The van der Waals surface area contributed by atoms with E-state index in [0.29, 0.717) is 18.5 Å². The molecule has 2 aliphatic rings. The maximum Gasteiger partial charge on any atom is 0.251 e. The lowest BCUT2D eigenvalue weighted by atomic mass is 10.1. The summed E-state index contributed by atoms with van der Waals surface area (Å²) in [7, 11) is 0. The molecule has 2 heterocycles. The van der Waals surface area contributed by atoms with Crippen molar-refractivity contribution < 1.29 is 14.4 Å². The Balaban J connectivity index is 1.31. The summed E-state index contributed by atoms with van der Waals surface area (Å²) in [6.45, 7) is 4.59. The van der Waals surface area contributed by atoms with Gasteiger partial charge in [0.25, 0.3) is 5.91 Å². The largest absolute Gasteiger partial charge is 0.371 e. The van der Waals surface area contributed by atoms with Crippen LogP contribution in [0.5, 0.6) is 0 Å². The Morgan fingerprint density at radius 2 is 1.72 bits per heavy atom. The number of carbonyl (C=O) groups is 3. The fourth-order valence-corrected chi connectivity index (χ4v) is 4.34. The van der Waals surface area contributed by atoms with Gasteiger partial charge in [-0.25, -0.2) is 0 Å². The highest BCUT2D eigenvalue weighted by Gasteiger charge is 2.22. The fraction of sp³-hybridized carbons (Fsp3) is 0.400. The van der Waals surface area contributed by atoms with Crippen molar-refractivity contribution in [3.63, 3.8) is 0 Å². The number of benzene rings is 2. The smallest absolute Gasteiger partial charge is 0.251 e. The van der Waals surface area contributed by atoms with Crippen molar-refractivity contribution in [2.75, 3.05) is 34.8 Å². The molecule has 7 heteroatoms. The molecule has 2 N–H and O–H groups in total. The first-order valence-electron chi connectivity index (χ1n) is 11.4. The lowest BCUT2D eigenvalue weighted by Gasteiger charge is -2.19. The number of amides is 3. The first-order chi connectivity index (χ1) is 15.5. The van der Waals surface area contributed by atoms with Gasteiger partial charge in [-0.15, -0.1) is 0 Å². The summed E-state index contributed by atoms with van der Waals surface area (Å²) in [5, 5.41) is 5.83. The van der Waals surface area contributed by atoms with Gasteiger partial charge in [0.2, 0.25) is 11.8 Å². The van der Waals surface area contributed by atoms with E-state index in [2.05, 4.69) is 21.6 Å². The Hall–Kier alpha value is -3.35. The molecule has 7 nitrogen and oxygen atoms in total. The van der Waals surface area contributed by atoms with E-state index in [0.717, 1.165) is 36.6 Å². The lowest BCUT2D eigenvalue weighted by molar-refractivity contribution is -0.117. The van der Waals surface area contributed by atoms with Crippen molar-refractivity contribution in [2.45, 2.75) is 45.1 Å². The average Bonchev–Trinajstić information content (AvgIpc) is 3.46. The molecule has 0 radical (unpaired) electrons. The van der Waals surface area contributed by atoms with Crippen LogP contribution in [0.25, 0.3) is 0 Å². The number of hydrogen-bond donors (Lipinski definition) is 2. The van der Waals surface area contributed by atoms with Crippen LogP contribution in [0.15, 0.2) is 48.5 Å². The summed E-state index contributed by atoms with van der Waals surface area (Å²) in [4.78, 5) is 41.2. The molecule has 2 saturated heterocycles. The van der Waals surface area contributed by atoms with Gasteiger partial charge in [0.05, 0.1) is 0 Å². The van der Waals surface area contributed by atoms with E-state index in [9.17, 15) is 14.4 Å². The molecule has 1 atom stereocenters. The molecule has 4 rings (SSSR count). The quantitative estimate of drug-likeness (QED) is 0.698. The summed E-state index contributed by atoms with van der Waals surface area (Å²) in [6.07, 6.45) is 3.95. The third-order valence-corrected chi connectivity index (χ3v) is 5.96. The molecule has 2 fully saturated rings. The summed E-state index contributed by atoms with van der Waals surface area (Å²) in [6, 6.07) is 14.6. The van der Waals surface area contributed by atoms with Crippen LogP contribution in [0.4, 0.5) is 17.1 Å². The molecular weight excluding hydrogens is 404 g/mol. The molecule has 32 heavy (non-hydrogen) atoms. The van der Waals surface area contributed by atoms with Gasteiger partial charge in [0.15, 0.2) is 0 Å². The standard InChI is InChI=1S/C25H30N4O3/c1-18(15-23(30)27-20-8-5-9-21(17-20)28-12-2-3-13-28)26-25(32)19-7-4-10-22(16-19)29-14-6-11-24(29)31/h4-5,7-10,16-18H,2-3,6,11-15H2,1H3,(H,26,32)(H,27,30). The van der Waals surface area contributed by atoms with Gasteiger partial charge in [0.1, 0.15) is 0 Å². The summed E-state index contributed by atoms with van der Waals surface area (Å²) < 4.78 is 0. The minimum atomic E-state index is -0.332. The molecule has 0 aromatic heterocycles.